The molecule has 2 rings (SSSR count). The fourth-order valence-corrected chi connectivity index (χ4v) is 2.55. The molecule has 92 valence electrons. The molecule has 0 radical (unpaired) electrons. The third kappa shape index (κ3) is 3.19. The molecule has 0 atom stereocenters. The molecular formula is C12H20O4. The fraction of sp³-hybridized carbons (Fsp3) is 0.917. The molecule has 0 unspecified atom stereocenters. The summed E-state index contributed by atoms with van der Waals surface area (Å²) in [6.07, 6.45) is 7.56. The van der Waals surface area contributed by atoms with Crippen molar-refractivity contribution in [1.82, 2.24) is 0 Å². The van der Waals surface area contributed by atoms with Crippen molar-refractivity contribution in [2.45, 2.75) is 69.9 Å². The third-order valence-corrected chi connectivity index (χ3v) is 3.44. The SMILES string of the molecule is O=C(O)C(OC1CCCC1)OC1CCCC1. The van der Waals surface area contributed by atoms with E-state index >= 15 is 0 Å². The van der Waals surface area contributed by atoms with Crippen molar-refractivity contribution in [3.8, 4) is 0 Å². The minimum Gasteiger partial charge on any atom is -0.477 e. The zero-order valence-corrected chi connectivity index (χ0v) is 9.56. The molecule has 0 amide bonds. The largest absolute Gasteiger partial charge is 0.477 e. The second-order valence-electron chi connectivity index (χ2n) is 4.76. The second kappa shape index (κ2) is 5.64. The van der Waals surface area contributed by atoms with Crippen molar-refractivity contribution in [2.24, 2.45) is 0 Å². The van der Waals surface area contributed by atoms with Gasteiger partial charge >= 0.3 is 5.97 Å². The lowest BCUT2D eigenvalue weighted by atomic mass is 10.3. The van der Waals surface area contributed by atoms with Gasteiger partial charge in [-0.25, -0.2) is 4.79 Å². The Labute approximate surface area is 95.9 Å². The van der Waals surface area contributed by atoms with Crippen LogP contribution in [0.5, 0.6) is 0 Å². The van der Waals surface area contributed by atoms with Crippen molar-refractivity contribution >= 4 is 5.97 Å². The number of carboxylic acid groups (broad SMARTS) is 1. The zero-order chi connectivity index (χ0) is 11.4. The van der Waals surface area contributed by atoms with E-state index in [9.17, 15) is 4.79 Å². The summed E-state index contributed by atoms with van der Waals surface area (Å²) >= 11 is 0. The number of carboxylic acids is 1. The number of rotatable bonds is 5. The quantitative estimate of drug-likeness (QED) is 0.734. The Balaban J connectivity index is 1.81. The average Bonchev–Trinajstić information content (AvgIpc) is 2.88. The van der Waals surface area contributed by atoms with Crippen molar-refractivity contribution < 1.29 is 19.4 Å². The van der Waals surface area contributed by atoms with Crippen molar-refractivity contribution in [3.63, 3.8) is 0 Å². The van der Waals surface area contributed by atoms with Gasteiger partial charge in [0.1, 0.15) is 0 Å². The van der Waals surface area contributed by atoms with Gasteiger partial charge in [0.05, 0.1) is 12.2 Å². The molecule has 2 fully saturated rings. The highest BCUT2D eigenvalue weighted by Crippen LogP contribution is 2.26. The Hall–Kier alpha value is -0.610. The van der Waals surface area contributed by atoms with Gasteiger partial charge in [-0.1, -0.05) is 25.7 Å². The molecule has 0 bridgehead atoms. The van der Waals surface area contributed by atoms with E-state index in [2.05, 4.69) is 0 Å². The lowest BCUT2D eigenvalue weighted by molar-refractivity contribution is -0.212. The standard InChI is InChI=1S/C12H20O4/c13-11(14)12(15-9-5-1-2-6-9)16-10-7-3-4-8-10/h9-10,12H,1-8H2,(H,13,14). The highest BCUT2D eigenvalue weighted by atomic mass is 16.7. The Kier molecular flexibility index (Phi) is 4.18. The molecule has 0 spiro atoms. The third-order valence-electron chi connectivity index (χ3n) is 3.44. The number of ether oxygens (including phenoxy) is 2. The van der Waals surface area contributed by atoms with E-state index in [-0.39, 0.29) is 12.2 Å². The van der Waals surface area contributed by atoms with Crippen LogP contribution in [0, 0.1) is 0 Å². The van der Waals surface area contributed by atoms with Gasteiger partial charge in [-0.2, -0.15) is 0 Å². The van der Waals surface area contributed by atoms with Crippen LogP contribution in [0.2, 0.25) is 0 Å². The molecule has 16 heavy (non-hydrogen) atoms. The summed E-state index contributed by atoms with van der Waals surface area (Å²) in [5.41, 5.74) is 0. The predicted octanol–water partition coefficient (Wildman–Crippen LogP) is 2.32. The summed E-state index contributed by atoms with van der Waals surface area (Å²) < 4.78 is 11.0. The topological polar surface area (TPSA) is 55.8 Å². The maximum atomic E-state index is 11.0. The second-order valence-corrected chi connectivity index (χ2v) is 4.76. The first-order valence-electron chi connectivity index (χ1n) is 6.29. The summed E-state index contributed by atoms with van der Waals surface area (Å²) in [5, 5.41) is 9.04. The van der Waals surface area contributed by atoms with Crippen LogP contribution in [-0.2, 0) is 14.3 Å². The molecule has 0 aliphatic heterocycles. The van der Waals surface area contributed by atoms with Crippen LogP contribution in [0.1, 0.15) is 51.4 Å². The van der Waals surface area contributed by atoms with Crippen molar-refractivity contribution in [1.29, 1.82) is 0 Å². The van der Waals surface area contributed by atoms with E-state index in [1.807, 2.05) is 0 Å². The fourth-order valence-electron chi connectivity index (χ4n) is 2.55. The van der Waals surface area contributed by atoms with E-state index in [1.54, 1.807) is 0 Å². The number of aliphatic carboxylic acids is 1. The van der Waals surface area contributed by atoms with Gasteiger partial charge in [-0.05, 0) is 25.7 Å². The number of hydrogen-bond acceptors (Lipinski definition) is 3. The minimum atomic E-state index is -1.05. The Morgan fingerprint density at radius 3 is 1.62 bits per heavy atom. The van der Waals surface area contributed by atoms with Crippen LogP contribution in [0.4, 0.5) is 0 Å². The molecule has 0 aromatic heterocycles. The number of hydrogen-bond donors (Lipinski definition) is 1. The molecule has 4 heteroatoms. The zero-order valence-electron chi connectivity index (χ0n) is 9.56. The van der Waals surface area contributed by atoms with Gasteiger partial charge in [0.15, 0.2) is 0 Å². The molecule has 0 aromatic rings. The van der Waals surface area contributed by atoms with E-state index < -0.39 is 12.3 Å². The summed E-state index contributed by atoms with van der Waals surface area (Å²) in [6, 6.07) is 0. The lowest BCUT2D eigenvalue weighted by Gasteiger charge is -2.22. The monoisotopic (exact) mass is 228 g/mol. The van der Waals surface area contributed by atoms with E-state index in [4.69, 9.17) is 14.6 Å². The van der Waals surface area contributed by atoms with Gasteiger partial charge in [-0.15, -0.1) is 0 Å². The Bertz CT molecular complexity index is 211. The van der Waals surface area contributed by atoms with E-state index in [0.29, 0.717) is 0 Å². The summed E-state index contributed by atoms with van der Waals surface area (Å²) in [6.45, 7) is 0. The molecule has 0 aromatic carbocycles. The Morgan fingerprint density at radius 1 is 0.938 bits per heavy atom. The van der Waals surface area contributed by atoms with Crippen molar-refractivity contribution in [3.05, 3.63) is 0 Å². The van der Waals surface area contributed by atoms with E-state index in [0.717, 1.165) is 51.4 Å². The van der Waals surface area contributed by atoms with Crippen LogP contribution in [0.15, 0.2) is 0 Å². The van der Waals surface area contributed by atoms with Crippen LogP contribution in [0.3, 0.4) is 0 Å². The molecule has 2 saturated carbocycles. The van der Waals surface area contributed by atoms with Gasteiger partial charge in [0.25, 0.3) is 6.29 Å². The summed E-state index contributed by atoms with van der Waals surface area (Å²) in [5.74, 6) is -0.987. The molecule has 2 aliphatic rings. The van der Waals surface area contributed by atoms with Crippen LogP contribution in [0.25, 0.3) is 0 Å². The highest BCUT2D eigenvalue weighted by Gasteiger charge is 2.29. The predicted molar refractivity (Wildman–Crippen MR) is 58.1 cm³/mol. The smallest absolute Gasteiger partial charge is 0.361 e. The normalized spacial score (nSPS) is 23.3. The maximum absolute atomic E-state index is 11.0. The number of carbonyl (C=O) groups is 1. The van der Waals surface area contributed by atoms with Gasteiger partial charge in [-0.3, -0.25) is 0 Å². The van der Waals surface area contributed by atoms with Crippen molar-refractivity contribution in [2.75, 3.05) is 0 Å². The van der Waals surface area contributed by atoms with Gasteiger partial charge in [0, 0.05) is 0 Å². The molecule has 0 saturated heterocycles. The van der Waals surface area contributed by atoms with Crippen LogP contribution in [-0.4, -0.2) is 29.6 Å². The van der Waals surface area contributed by atoms with Gasteiger partial charge in [0.2, 0.25) is 0 Å². The van der Waals surface area contributed by atoms with Gasteiger partial charge < -0.3 is 14.6 Å². The van der Waals surface area contributed by atoms with Crippen LogP contribution < -0.4 is 0 Å². The average molecular weight is 228 g/mol. The minimum absolute atomic E-state index is 0.0857. The first kappa shape index (κ1) is 11.9. The highest BCUT2D eigenvalue weighted by molar-refractivity contribution is 5.70. The molecule has 4 nitrogen and oxygen atoms in total. The molecule has 2 aliphatic carbocycles. The first-order valence-corrected chi connectivity index (χ1v) is 6.29. The molecule has 1 N–H and O–H groups in total. The Morgan fingerprint density at radius 2 is 1.31 bits per heavy atom. The van der Waals surface area contributed by atoms with E-state index in [1.165, 1.54) is 0 Å². The first-order chi connectivity index (χ1) is 7.75. The molecular weight excluding hydrogens is 208 g/mol. The lowest BCUT2D eigenvalue weighted by Crippen LogP contribution is -2.33. The van der Waals surface area contributed by atoms with Crippen LogP contribution >= 0.6 is 0 Å². The summed E-state index contributed by atoms with van der Waals surface area (Å²) in [7, 11) is 0. The molecule has 0 heterocycles. The maximum Gasteiger partial charge on any atom is 0.361 e. The summed E-state index contributed by atoms with van der Waals surface area (Å²) in [4.78, 5) is 11.0.